The largest absolute Gasteiger partial charge is 0.493 e. The molecule has 0 amide bonds. The highest BCUT2D eigenvalue weighted by Gasteiger charge is 2.29. The molecule has 1 atom stereocenters. The Morgan fingerprint density at radius 3 is 2.20 bits per heavy atom. The quantitative estimate of drug-likeness (QED) is 0.422. The van der Waals surface area contributed by atoms with Crippen molar-refractivity contribution in [3.05, 3.63) is 38.1 Å². The number of pyridine rings is 1. The number of aromatic nitrogens is 1. The summed E-state index contributed by atoms with van der Waals surface area (Å²) in [5.74, 6) is -4.25. The third kappa shape index (κ3) is 4.22. The number of aromatic carboxylic acids is 2. The summed E-state index contributed by atoms with van der Waals surface area (Å²) in [5.41, 5.74) is 2.72. The van der Waals surface area contributed by atoms with Gasteiger partial charge in [0.1, 0.15) is 16.9 Å². The van der Waals surface area contributed by atoms with Crippen LogP contribution in [0.25, 0.3) is 11.1 Å². The lowest BCUT2D eigenvalue weighted by Gasteiger charge is -2.18. The fourth-order valence-electron chi connectivity index (χ4n) is 2.70. The van der Waals surface area contributed by atoms with Crippen LogP contribution in [0.1, 0.15) is 27.6 Å². The van der Waals surface area contributed by atoms with Crippen molar-refractivity contribution >= 4 is 39.7 Å². The van der Waals surface area contributed by atoms with Crippen LogP contribution in [0.3, 0.4) is 0 Å². The average Bonchev–Trinajstić information content (AvgIpc) is 2.66. The minimum absolute atomic E-state index is 0.00230. The number of nitrogens with one attached hydrogen (secondary N) is 1. The van der Waals surface area contributed by atoms with E-state index in [0.717, 1.165) is 0 Å². The highest BCUT2D eigenvalue weighted by molar-refractivity contribution is 9.10. The minimum Gasteiger partial charge on any atom is -0.493 e. The Morgan fingerprint density at radius 2 is 1.70 bits per heavy atom. The van der Waals surface area contributed by atoms with Crippen molar-refractivity contribution in [1.82, 2.24) is 4.98 Å². The smallest absolute Gasteiger partial charge is 0.346 e. The number of rotatable bonds is 7. The second-order valence-corrected chi connectivity index (χ2v) is 6.72. The minimum atomic E-state index is -1.65. The fourth-order valence-corrected chi connectivity index (χ4v) is 3.22. The Kier molecular flexibility index (Phi) is 6.72. The molecule has 30 heavy (non-hydrogen) atoms. The van der Waals surface area contributed by atoms with E-state index >= 15 is 0 Å². The van der Waals surface area contributed by atoms with E-state index < -0.39 is 52.1 Å². The second kappa shape index (κ2) is 8.86. The van der Waals surface area contributed by atoms with Gasteiger partial charge in [-0.15, -0.1) is 0 Å². The van der Waals surface area contributed by atoms with Gasteiger partial charge in [-0.1, -0.05) is 15.9 Å². The zero-order chi connectivity index (χ0) is 22.7. The molecule has 0 saturated heterocycles. The number of hydrogen-bond donors (Lipinski definition) is 4. The Hall–Kier alpha value is -3.54. The van der Waals surface area contributed by atoms with Gasteiger partial charge in [-0.3, -0.25) is 4.79 Å². The monoisotopic (exact) mass is 484 g/mol. The zero-order valence-corrected chi connectivity index (χ0v) is 17.5. The summed E-state index contributed by atoms with van der Waals surface area (Å²) in [6.45, 7) is 1.44. The summed E-state index contributed by atoms with van der Waals surface area (Å²) in [6, 6.07) is 2.60. The van der Waals surface area contributed by atoms with Crippen LogP contribution in [0.4, 0.5) is 5.82 Å². The second-order valence-electron chi connectivity index (χ2n) is 5.87. The SMILES string of the molecule is COC(=O)C(C)Oc1cc(Br)c(-c2c(C(=O)O)c(N)[nH]c(=O)c2C(=O)O)cc1OC. The molecule has 0 aliphatic rings. The Balaban J connectivity index is 2.83. The van der Waals surface area contributed by atoms with Crippen molar-refractivity contribution in [2.45, 2.75) is 13.0 Å². The number of anilines is 1. The molecule has 0 bridgehead atoms. The van der Waals surface area contributed by atoms with Gasteiger partial charge in [0.15, 0.2) is 17.6 Å². The molecule has 160 valence electrons. The van der Waals surface area contributed by atoms with Crippen molar-refractivity contribution in [2.75, 3.05) is 20.0 Å². The van der Waals surface area contributed by atoms with Crippen LogP contribution < -0.4 is 20.8 Å². The van der Waals surface area contributed by atoms with Gasteiger partial charge in [-0.05, 0) is 19.1 Å². The van der Waals surface area contributed by atoms with Crippen molar-refractivity contribution in [3.63, 3.8) is 0 Å². The lowest BCUT2D eigenvalue weighted by atomic mass is 9.95. The molecule has 5 N–H and O–H groups in total. The maximum absolute atomic E-state index is 12.2. The third-order valence-electron chi connectivity index (χ3n) is 4.03. The predicted octanol–water partition coefficient (Wildman–Crippen LogP) is 1.73. The first-order valence-corrected chi connectivity index (χ1v) is 8.97. The number of hydrogen-bond acceptors (Lipinski definition) is 8. The predicted molar refractivity (Wildman–Crippen MR) is 107 cm³/mol. The van der Waals surface area contributed by atoms with Gasteiger partial charge in [0.25, 0.3) is 5.56 Å². The summed E-state index contributed by atoms with van der Waals surface area (Å²) < 4.78 is 15.5. The first-order chi connectivity index (χ1) is 14.0. The molecular formula is C18H17BrN2O9. The van der Waals surface area contributed by atoms with E-state index in [-0.39, 0.29) is 21.5 Å². The number of carboxylic acid groups (broad SMARTS) is 2. The maximum Gasteiger partial charge on any atom is 0.346 e. The van der Waals surface area contributed by atoms with Crippen molar-refractivity contribution in [3.8, 4) is 22.6 Å². The summed E-state index contributed by atoms with van der Waals surface area (Å²) in [6.07, 6.45) is -0.999. The number of methoxy groups -OCH3 is 2. The molecule has 2 aromatic rings. The Morgan fingerprint density at radius 1 is 1.10 bits per heavy atom. The van der Waals surface area contributed by atoms with E-state index in [0.29, 0.717) is 0 Å². The lowest BCUT2D eigenvalue weighted by Crippen LogP contribution is -2.25. The van der Waals surface area contributed by atoms with E-state index in [1.165, 1.54) is 33.3 Å². The normalized spacial score (nSPS) is 11.5. The maximum atomic E-state index is 12.2. The fraction of sp³-hybridized carbons (Fsp3) is 0.222. The number of ether oxygens (including phenoxy) is 3. The standard InChI is InChI=1S/C18H17BrN2O9/c1-6(18(27)29-3)30-10-5-8(19)7(4-9(10)28-2)11-12(16(23)24)14(20)21-15(22)13(11)17(25)26/h4-6H,1-3H3,(H,23,24)(H,25,26)(H3,20,21,22). The van der Waals surface area contributed by atoms with Gasteiger partial charge in [0, 0.05) is 15.6 Å². The molecular weight excluding hydrogens is 468 g/mol. The van der Waals surface area contributed by atoms with Crippen LogP contribution >= 0.6 is 15.9 Å². The van der Waals surface area contributed by atoms with Crippen LogP contribution in [-0.2, 0) is 9.53 Å². The van der Waals surface area contributed by atoms with Crippen molar-refractivity contribution in [2.24, 2.45) is 0 Å². The molecule has 1 aromatic carbocycles. The van der Waals surface area contributed by atoms with Crippen molar-refractivity contribution < 1.29 is 38.8 Å². The molecule has 1 aromatic heterocycles. The molecule has 0 fully saturated rings. The zero-order valence-electron chi connectivity index (χ0n) is 15.9. The average molecular weight is 485 g/mol. The van der Waals surface area contributed by atoms with Gasteiger partial charge in [0.2, 0.25) is 0 Å². The van der Waals surface area contributed by atoms with E-state index in [4.69, 9.17) is 15.2 Å². The topological polar surface area (TPSA) is 178 Å². The summed E-state index contributed by atoms with van der Waals surface area (Å²) >= 11 is 3.22. The summed E-state index contributed by atoms with van der Waals surface area (Å²) in [4.78, 5) is 49.3. The first kappa shape index (κ1) is 22.7. The van der Waals surface area contributed by atoms with E-state index in [1.807, 2.05) is 4.98 Å². The van der Waals surface area contributed by atoms with E-state index in [2.05, 4.69) is 20.7 Å². The van der Waals surface area contributed by atoms with Gasteiger partial charge in [-0.25, -0.2) is 14.4 Å². The number of halogens is 1. The molecule has 11 nitrogen and oxygen atoms in total. The third-order valence-corrected chi connectivity index (χ3v) is 4.69. The number of nitrogen functional groups attached to an aromatic ring is 1. The molecule has 0 aliphatic carbocycles. The molecule has 12 heteroatoms. The number of benzene rings is 1. The van der Waals surface area contributed by atoms with Gasteiger partial charge >= 0.3 is 17.9 Å². The van der Waals surface area contributed by atoms with Crippen LogP contribution in [0.5, 0.6) is 11.5 Å². The molecule has 1 unspecified atom stereocenters. The van der Waals surface area contributed by atoms with E-state index in [1.54, 1.807) is 0 Å². The number of H-pyrrole nitrogens is 1. The first-order valence-electron chi connectivity index (χ1n) is 8.18. The number of esters is 1. The Labute approximate surface area is 177 Å². The Bertz CT molecular complexity index is 1090. The molecule has 0 radical (unpaired) electrons. The van der Waals surface area contributed by atoms with Crippen LogP contribution in [-0.4, -0.2) is 53.4 Å². The van der Waals surface area contributed by atoms with Gasteiger partial charge in [0.05, 0.1) is 14.2 Å². The number of aromatic amines is 1. The number of nitrogens with two attached hydrogens (primary N) is 1. The van der Waals surface area contributed by atoms with Gasteiger partial charge < -0.3 is 35.1 Å². The lowest BCUT2D eigenvalue weighted by molar-refractivity contribution is -0.147. The number of carbonyl (C=O) groups is 3. The molecule has 2 rings (SSSR count). The van der Waals surface area contributed by atoms with Crippen molar-refractivity contribution in [1.29, 1.82) is 0 Å². The van der Waals surface area contributed by atoms with Gasteiger partial charge in [-0.2, -0.15) is 0 Å². The summed E-state index contributed by atoms with van der Waals surface area (Å²) in [7, 11) is 2.47. The van der Waals surface area contributed by atoms with E-state index in [9.17, 15) is 29.4 Å². The van der Waals surface area contributed by atoms with Crippen LogP contribution in [0, 0.1) is 0 Å². The molecule has 0 aliphatic heterocycles. The number of carbonyl (C=O) groups excluding carboxylic acids is 1. The molecule has 1 heterocycles. The van der Waals surface area contributed by atoms with Crippen LogP contribution in [0.15, 0.2) is 21.4 Å². The molecule has 0 saturated carbocycles. The molecule has 0 spiro atoms. The van der Waals surface area contributed by atoms with Crippen LogP contribution in [0.2, 0.25) is 0 Å². The summed E-state index contributed by atoms with van der Waals surface area (Å²) in [5, 5.41) is 19.1. The number of carboxylic acids is 2. The highest BCUT2D eigenvalue weighted by Crippen LogP contribution is 2.41. The highest BCUT2D eigenvalue weighted by atomic mass is 79.9.